The number of fused-ring (bicyclic) bond motifs is 1. The molecule has 1 aliphatic carbocycles. The number of nitrogens with zero attached hydrogens (tertiary/aromatic N) is 4. The van der Waals surface area contributed by atoms with Crippen LogP contribution in [-0.2, 0) is 22.7 Å². The van der Waals surface area contributed by atoms with Gasteiger partial charge in [-0.25, -0.2) is 4.98 Å². The predicted molar refractivity (Wildman–Crippen MR) is 112 cm³/mol. The van der Waals surface area contributed by atoms with Gasteiger partial charge in [-0.3, -0.25) is 4.79 Å². The normalized spacial score (nSPS) is 18.4. The van der Waals surface area contributed by atoms with Gasteiger partial charge in [0.05, 0.1) is 12.9 Å². The topological polar surface area (TPSA) is 105 Å². The van der Waals surface area contributed by atoms with Crippen LogP contribution in [0, 0.1) is 11.8 Å². The number of hydrogen-bond acceptors (Lipinski definition) is 7. The van der Waals surface area contributed by atoms with Crippen LogP contribution in [0.15, 0.2) is 48.8 Å². The molecule has 0 fully saturated rings. The number of carbonyl (C=O) groups excluding carboxylic acids is 1. The summed E-state index contributed by atoms with van der Waals surface area (Å²) in [6.45, 7) is 2.92. The van der Waals surface area contributed by atoms with Crippen LogP contribution in [0.25, 0.3) is 11.2 Å². The second-order valence-corrected chi connectivity index (χ2v) is 7.50. The molecular weight excluding hydrogens is 382 g/mol. The number of imidazole rings is 1. The minimum Gasteiger partial charge on any atom is -0.471 e. The van der Waals surface area contributed by atoms with Crippen LogP contribution in [0.1, 0.15) is 25.3 Å². The Hall–Kier alpha value is -3.42. The SMILES string of the molecule is CC(=O)OC[C@@H]1CC=CC[C@@H]1Cn1cnc2c(OCc3ccccc3)nc(N)nc21. The van der Waals surface area contributed by atoms with E-state index in [0.29, 0.717) is 42.7 Å². The van der Waals surface area contributed by atoms with E-state index in [-0.39, 0.29) is 17.8 Å². The quantitative estimate of drug-likeness (QED) is 0.474. The van der Waals surface area contributed by atoms with Crippen LogP contribution in [0.5, 0.6) is 5.88 Å². The molecule has 2 atom stereocenters. The Morgan fingerprint density at radius 3 is 2.70 bits per heavy atom. The largest absolute Gasteiger partial charge is 0.471 e. The standard InChI is InChI=1S/C22H25N5O3/c1-15(28)29-13-18-10-6-5-9-17(18)11-27-14-24-19-20(27)25-22(23)26-21(19)30-12-16-7-3-2-4-8-16/h2-8,14,17-18H,9-13H2,1H3,(H2,23,25,26)/t17-,18+/m1/s1. The Morgan fingerprint density at radius 1 is 1.17 bits per heavy atom. The number of nitrogens with two attached hydrogens (primary N) is 1. The highest BCUT2D eigenvalue weighted by Crippen LogP contribution is 2.30. The zero-order valence-electron chi connectivity index (χ0n) is 16.9. The van der Waals surface area contributed by atoms with E-state index < -0.39 is 0 Å². The third kappa shape index (κ3) is 4.59. The molecule has 0 saturated heterocycles. The minimum atomic E-state index is -0.253. The van der Waals surface area contributed by atoms with Crippen molar-refractivity contribution in [1.82, 2.24) is 19.5 Å². The van der Waals surface area contributed by atoms with Gasteiger partial charge >= 0.3 is 5.97 Å². The van der Waals surface area contributed by atoms with Gasteiger partial charge in [-0.05, 0) is 24.3 Å². The maximum absolute atomic E-state index is 11.2. The van der Waals surface area contributed by atoms with Crippen molar-refractivity contribution in [3.05, 3.63) is 54.4 Å². The molecule has 0 amide bonds. The zero-order valence-corrected chi connectivity index (χ0v) is 16.9. The molecule has 156 valence electrons. The molecule has 0 spiro atoms. The summed E-state index contributed by atoms with van der Waals surface area (Å²) in [7, 11) is 0. The molecule has 0 unspecified atom stereocenters. The predicted octanol–water partition coefficient (Wildman–Crippen LogP) is 3.13. The lowest BCUT2D eigenvalue weighted by molar-refractivity contribution is -0.143. The average molecular weight is 407 g/mol. The van der Waals surface area contributed by atoms with Crippen LogP contribution in [-0.4, -0.2) is 32.1 Å². The molecule has 30 heavy (non-hydrogen) atoms. The molecule has 8 nitrogen and oxygen atoms in total. The first-order valence-corrected chi connectivity index (χ1v) is 10.0. The molecule has 3 aromatic rings. The fourth-order valence-corrected chi connectivity index (χ4v) is 3.73. The Bertz CT molecular complexity index is 1050. The highest BCUT2D eigenvalue weighted by Gasteiger charge is 2.25. The molecule has 0 saturated carbocycles. The van der Waals surface area contributed by atoms with Crippen molar-refractivity contribution in [1.29, 1.82) is 0 Å². The van der Waals surface area contributed by atoms with Gasteiger partial charge in [0.1, 0.15) is 6.61 Å². The first-order chi connectivity index (χ1) is 14.6. The number of rotatable bonds is 7. The minimum absolute atomic E-state index is 0.146. The highest BCUT2D eigenvalue weighted by molar-refractivity contribution is 5.77. The summed E-state index contributed by atoms with van der Waals surface area (Å²) in [6, 6.07) is 9.85. The fourth-order valence-electron chi connectivity index (χ4n) is 3.73. The second-order valence-electron chi connectivity index (χ2n) is 7.50. The number of carbonyl (C=O) groups is 1. The van der Waals surface area contributed by atoms with Crippen molar-refractivity contribution in [2.45, 2.75) is 32.9 Å². The molecule has 0 radical (unpaired) electrons. The van der Waals surface area contributed by atoms with E-state index in [1.165, 1.54) is 6.92 Å². The van der Waals surface area contributed by atoms with Gasteiger partial charge < -0.3 is 19.8 Å². The summed E-state index contributed by atoms with van der Waals surface area (Å²) in [5.74, 6) is 0.825. The summed E-state index contributed by atoms with van der Waals surface area (Å²) in [5.41, 5.74) is 8.21. The Labute approximate surface area is 174 Å². The molecule has 2 heterocycles. The molecule has 2 aromatic heterocycles. The summed E-state index contributed by atoms with van der Waals surface area (Å²) < 4.78 is 13.1. The van der Waals surface area contributed by atoms with Crippen LogP contribution < -0.4 is 10.5 Å². The maximum Gasteiger partial charge on any atom is 0.302 e. The van der Waals surface area contributed by atoms with E-state index in [4.69, 9.17) is 15.2 Å². The summed E-state index contributed by atoms with van der Waals surface area (Å²) in [5, 5.41) is 0. The number of anilines is 1. The van der Waals surface area contributed by atoms with Crippen LogP contribution in [0.3, 0.4) is 0 Å². The lowest BCUT2D eigenvalue weighted by Crippen LogP contribution is -2.26. The monoisotopic (exact) mass is 407 g/mol. The first kappa shape index (κ1) is 19.9. The van der Waals surface area contributed by atoms with Crippen molar-refractivity contribution in [2.24, 2.45) is 11.8 Å². The maximum atomic E-state index is 11.2. The van der Waals surface area contributed by atoms with Gasteiger partial charge in [0.25, 0.3) is 0 Å². The first-order valence-electron chi connectivity index (χ1n) is 10.0. The van der Waals surface area contributed by atoms with Crippen molar-refractivity contribution < 1.29 is 14.3 Å². The Kier molecular flexibility index (Phi) is 5.92. The molecule has 2 N–H and O–H groups in total. The van der Waals surface area contributed by atoms with Gasteiger partial charge in [0.2, 0.25) is 11.8 Å². The van der Waals surface area contributed by atoms with Crippen molar-refractivity contribution in [3.63, 3.8) is 0 Å². The van der Waals surface area contributed by atoms with Gasteiger partial charge in [0, 0.05) is 19.4 Å². The summed E-state index contributed by atoms with van der Waals surface area (Å²) in [6.07, 6.45) is 7.85. The van der Waals surface area contributed by atoms with Gasteiger partial charge in [-0.1, -0.05) is 42.5 Å². The van der Waals surface area contributed by atoms with Gasteiger partial charge in [0.15, 0.2) is 11.2 Å². The van der Waals surface area contributed by atoms with Crippen molar-refractivity contribution in [2.75, 3.05) is 12.3 Å². The summed E-state index contributed by atoms with van der Waals surface area (Å²) >= 11 is 0. The smallest absolute Gasteiger partial charge is 0.302 e. The molecule has 8 heteroatoms. The number of benzene rings is 1. The van der Waals surface area contributed by atoms with E-state index in [0.717, 1.165) is 18.4 Å². The van der Waals surface area contributed by atoms with Crippen molar-refractivity contribution in [3.8, 4) is 5.88 Å². The molecule has 1 aromatic carbocycles. The second kappa shape index (κ2) is 8.94. The number of ether oxygens (including phenoxy) is 2. The molecule has 4 rings (SSSR count). The van der Waals surface area contributed by atoms with Crippen molar-refractivity contribution >= 4 is 23.1 Å². The van der Waals surface area contributed by atoms with Crippen LogP contribution in [0.2, 0.25) is 0 Å². The number of hydrogen-bond donors (Lipinski definition) is 1. The van der Waals surface area contributed by atoms with Gasteiger partial charge in [-0.2, -0.15) is 9.97 Å². The molecule has 0 bridgehead atoms. The molecular formula is C22H25N5O3. The Balaban J connectivity index is 1.54. The number of aromatic nitrogens is 4. The number of esters is 1. The molecule has 0 aliphatic heterocycles. The van der Waals surface area contributed by atoms with E-state index in [9.17, 15) is 4.79 Å². The van der Waals surface area contributed by atoms with E-state index in [1.807, 2.05) is 34.9 Å². The summed E-state index contributed by atoms with van der Waals surface area (Å²) in [4.78, 5) is 24.4. The van der Waals surface area contributed by atoms with Crippen LogP contribution in [0.4, 0.5) is 5.95 Å². The van der Waals surface area contributed by atoms with Gasteiger partial charge in [-0.15, -0.1) is 0 Å². The lowest BCUT2D eigenvalue weighted by Gasteiger charge is -2.28. The Morgan fingerprint density at radius 2 is 1.93 bits per heavy atom. The third-order valence-electron chi connectivity index (χ3n) is 5.31. The zero-order chi connectivity index (χ0) is 20.9. The lowest BCUT2D eigenvalue weighted by atomic mass is 9.83. The van der Waals surface area contributed by atoms with E-state index in [2.05, 4.69) is 27.1 Å². The van der Waals surface area contributed by atoms with E-state index in [1.54, 1.807) is 6.33 Å². The highest BCUT2D eigenvalue weighted by atomic mass is 16.5. The van der Waals surface area contributed by atoms with Crippen LogP contribution >= 0.6 is 0 Å². The third-order valence-corrected chi connectivity index (χ3v) is 5.31. The fraction of sp³-hybridized carbons (Fsp3) is 0.364. The number of nitrogen functional groups attached to an aromatic ring is 1. The average Bonchev–Trinajstić information content (AvgIpc) is 3.14. The molecule has 1 aliphatic rings. The number of allylic oxidation sites excluding steroid dienone is 2. The van der Waals surface area contributed by atoms with E-state index >= 15 is 0 Å².